The second-order valence-corrected chi connectivity index (χ2v) is 5.44. The Morgan fingerprint density at radius 1 is 1.06 bits per heavy atom. The zero-order valence-electron chi connectivity index (χ0n) is 11.7. The van der Waals surface area contributed by atoms with Crippen LogP contribution in [0.1, 0.15) is 63.9 Å². The molecule has 0 saturated carbocycles. The summed E-state index contributed by atoms with van der Waals surface area (Å²) in [5.41, 5.74) is 1.39. The van der Waals surface area contributed by atoms with Gasteiger partial charge in [0.1, 0.15) is 5.75 Å². The second-order valence-electron chi connectivity index (χ2n) is 5.44. The van der Waals surface area contributed by atoms with Crippen LogP contribution in [0.4, 0.5) is 0 Å². The summed E-state index contributed by atoms with van der Waals surface area (Å²) < 4.78 is 6.06. The molecule has 0 aromatic heterocycles. The van der Waals surface area contributed by atoms with E-state index >= 15 is 0 Å². The fourth-order valence-corrected chi connectivity index (χ4v) is 2.74. The number of ether oxygens (including phenoxy) is 1. The van der Waals surface area contributed by atoms with E-state index < -0.39 is 0 Å². The first-order valence-electron chi connectivity index (χ1n) is 7.64. The molecule has 0 amide bonds. The molecule has 0 saturated heterocycles. The number of fused-ring (bicyclic) bond motifs is 1. The number of benzene rings is 1. The Bertz CT molecular complexity index is 345. The Morgan fingerprint density at radius 2 is 1.83 bits per heavy atom. The third kappa shape index (κ3) is 4.04. The summed E-state index contributed by atoms with van der Waals surface area (Å²) in [7, 11) is 0. The average molecular weight is 246 g/mol. The molecule has 0 bridgehead atoms. The van der Waals surface area contributed by atoms with Gasteiger partial charge in [0.25, 0.3) is 0 Å². The highest BCUT2D eigenvalue weighted by molar-refractivity contribution is 5.35. The first-order chi connectivity index (χ1) is 8.90. The van der Waals surface area contributed by atoms with Gasteiger partial charge in [-0.1, -0.05) is 57.2 Å². The van der Waals surface area contributed by atoms with Crippen molar-refractivity contribution in [1.82, 2.24) is 0 Å². The maximum absolute atomic E-state index is 6.06. The smallest absolute Gasteiger partial charge is 0.122 e. The summed E-state index contributed by atoms with van der Waals surface area (Å²) in [6.07, 6.45) is 12.3. The summed E-state index contributed by atoms with van der Waals surface area (Å²) in [5.74, 6) is 1.12. The normalized spacial score (nSPS) is 18.2. The van der Waals surface area contributed by atoms with Crippen LogP contribution >= 0.6 is 0 Å². The van der Waals surface area contributed by atoms with Crippen molar-refractivity contribution in [3.05, 3.63) is 29.8 Å². The van der Waals surface area contributed by atoms with Crippen molar-refractivity contribution in [2.24, 2.45) is 0 Å². The Morgan fingerprint density at radius 3 is 2.72 bits per heavy atom. The molecule has 1 aliphatic heterocycles. The molecule has 1 aromatic rings. The van der Waals surface area contributed by atoms with Gasteiger partial charge in [-0.25, -0.2) is 0 Å². The van der Waals surface area contributed by atoms with Crippen molar-refractivity contribution < 1.29 is 4.74 Å². The zero-order chi connectivity index (χ0) is 12.6. The molecule has 1 heterocycles. The number of rotatable bonds is 7. The second kappa shape index (κ2) is 7.45. The van der Waals surface area contributed by atoms with Crippen molar-refractivity contribution in [2.75, 3.05) is 0 Å². The minimum atomic E-state index is 0.464. The van der Waals surface area contributed by atoms with Gasteiger partial charge < -0.3 is 4.74 Å². The van der Waals surface area contributed by atoms with Crippen molar-refractivity contribution in [3.8, 4) is 5.75 Å². The van der Waals surface area contributed by atoms with Crippen molar-refractivity contribution in [3.63, 3.8) is 0 Å². The lowest BCUT2D eigenvalue weighted by Gasteiger charge is -2.26. The van der Waals surface area contributed by atoms with Gasteiger partial charge in [-0.15, -0.1) is 0 Å². The minimum Gasteiger partial charge on any atom is -0.490 e. The van der Waals surface area contributed by atoms with E-state index in [1.807, 2.05) is 0 Å². The Balaban J connectivity index is 1.64. The lowest BCUT2D eigenvalue weighted by Crippen LogP contribution is -2.22. The molecule has 1 heteroatoms. The van der Waals surface area contributed by atoms with Crippen LogP contribution in [0.25, 0.3) is 0 Å². The molecular weight excluding hydrogens is 220 g/mol. The Labute approximate surface area is 112 Å². The molecule has 100 valence electrons. The van der Waals surface area contributed by atoms with E-state index in [4.69, 9.17) is 4.74 Å². The molecule has 1 aromatic carbocycles. The first kappa shape index (κ1) is 13.5. The van der Waals surface area contributed by atoms with Crippen LogP contribution in [-0.2, 0) is 6.42 Å². The van der Waals surface area contributed by atoms with Gasteiger partial charge in [0.2, 0.25) is 0 Å². The van der Waals surface area contributed by atoms with Gasteiger partial charge in [0, 0.05) is 0 Å². The van der Waals surface area contributed by atoms with Gasteiger partial charge >= 0.3 is 0 Å². The Hall–Kier alpha value is -0.980. The van der Waals surface area contributed by atoms with E-state index in [9.17, 15) is 0 Å². The molecule has 0 aliphatic carbocycles. The van der Waals surface area contributed by atoms with Gasteiger partial charge in [0.15, 0.2) is 0 Å². The molecule has 0 fully saturated rings. The van der Waals surface area contributed by atoms with Gasteiger partial charge in [-0.3, -0.25) is 0 Å². The quantitative estimate of drug-likeness (QED) is 0.606. The van der Waals surface area contributed by atoms with E-state index in [0.717, 1.165) is 5.75 Å². The standard InChI is InChI=1S/C17H26O/c1-2-3-4-5-6-7-11-16-14-13-15-10-8-9-12-17(15)18-16/h8-10,12,16H,2-7,11,13-14H2,1H3. The lowest BCUT2D eigenvalue weighted by molar-refractivity contribution is 0.160. The SMILES string of the molecule is CCCCCCCCC1CCc2ccccc2O1. The lowest BCUT2D eigenvalue weighted by atomic mass is 9.98. The Kier molecular flexibility index (Phi) is 5.57. The summed E-state index contributed by atoms with van der Waals surface area (Å²) in [6.45, 7) is 2.27. The van der Waals surface area contributed by atoms with E-state index in [2.05, 4.69) is 31.2 Å². The molecule has 1 unspecified atom stereocenters. The van der Waals surface area contributed by atoms with Crippen LogP contribution in [0, 0.1) is 0 Å². The van der Waals surface area contributed by atoms with Crippen LogP contribution in [0.2, 0.25) is 0 Å². The minimum absolute atomic E-state index is 0.464. The fraction of sp³-hybridized carbons (Fsp3) is 0.647. The highest BCUT2D eigenvalue weighted by atomic mass is 16.5. The maximum atomic E-state index is 6.06. The van der Waals surface area contributed by atoms with Crippen molar-refractivity contribution in [2.45, 2.75) is 70.8 Å². The number of hydrogen-bond acceptors (Lipinski definition) is 1. The first-order valence-corrected chi connectivity index (χ1v) is 7.64. The van der Waals surface area contributed by atoms with Gasteiger partial charge in [-0.05, 0) is 37.3 Å². The highest BCUT2D eigenvalue weighted by Crippen LogP contribution is 2.28. The molecule has 0 N–H and O–H groups in total. The van der Waals surface area contributed by atoms with Crippen LogP contribution < -0.4 is 4.74 Å². The predicted octanol–water partition coefficient (Wildman–Crippen LogP) is 5.13. The molecule has 1 nitrogen and oxygen atoms in total. The molecule has 0 radical (unpaired) electrons. The molecule has 2 rings (SSSR count). The van der Waals surface area contributed by atoms with E-state index in [1.54, 1.807) is 0 Å². The molecule has 1 aliphatic rings. The van der Waals surface area contributed by atoms with E-state index in [0.29, 0.717) is 6.10 Å². The van der Waals surface area contributed by atoms with E-state index in [-0.39, 0.29) is 0 Å². The van der Waals surface area contributed by atoms with Crippen molar-refractivity contribution in [1.29, 1.82) is 0 Å². The summed E-state index contributed by atoms with van der Waals surface area (Å²) >= 11 is 0. The summed E-state index contributed by atoms with van der Waals surface area (Å²) in [4.78, 5) is 0. The third-order valence-electron chi connectivity index (χ3n) is 3.88. The van der Waals surface area contributed by atoms with Crippen LogP contribution in [0.15, 0.2) is 24.3 Å². The topological polar surface area (TPSA) is 9.23 Å². The largest absolute Gasteiger partial charge is 0.490 e. The zero-order valence-corrected chi connectivity index (χ0v) is 11.7. The molecule has 18 heavy (non-hydrogen) atoms. The molecule has 0 spiro atoms. The van der Waals surface area contributed by atoms with Gasteiger partial charge in [-0.2, -0.15) is 0 Å². The molecular formula is C17H26O. The van der Waals surface area contributed by atoms with Crippen LogP contribution in [0.5, 0.6) is 5.75 Å². The predicted molar refractivity (Wildman–Crippen MR) is 77.2 cm³/mol. The number of hydrogen-bond donors (Lipinski definition) is 0. The molecule has 1 atom stereocenters. The average Bonchev–Trinajstić information content (AvgIpc) is 2.42. The highest BCUT2D eigenvalue weighted by Gasteiger charge is 2.18. The number of para-hydroxylation sites is 1. The fourth-order valence-electron chi connectivity index (χ4n) is 2.74. The van der Waals surface area contributed by atoms with Gasteiger partial charge in [0.05, 0.1) is 6.10 Å². The van der Waals surface area contributed by atoms with Crippen molar-refractivity contribution >= 4 is 0 Å². The monoisotopic (exact) mass is 246 g/mol. The maximum Gasteiger partial charge on any atom is 0.122 e. The number of unbranched alkanes of at least 4 members (excludes halogenated alkanes) is 5. The summed E-state index contributed by atoms with van der Waals surface area (Å²) in [5, 5.41) is 0. The summed E-state index contributed by atoms with van der Waals surface area (Å²) in [6, 6.07) is 8.49. The van der Waals surface area contributed by atoms with Crippen LogP contribution in [0.3, 0.4) is 0 Å². The third-order valence-corrected chi connectivity index (χ3v) is 3.88. The number of aryl methyl sites for hydroxylation is 1. The van der Waals surface area contributed by atoms with E-state index in [1.165, 1.54) is 63.4 Å². The van der Waals surface area contributed by atoms with Crippen LogP contribution in [-0.4, -0.2) is 6.10 Å².